The average molecular weight is 690 g/mol. The molecular formula is C36H40FN5O6S. The third-order valence-electron chi connectivity index (χ3n) is 9.95. The Bertz CT molecular complexity index is 2020. The number of rotatable bonds is 9. The smallest absolute Gasteiger partial charge is 0.335 e. The van der Waals surface area contributed by atoms with Crippen LogP contribution in [-0.4, -0.2) is 78.2 Å². The zero-order chi connectivity index (χ0) is 34.3. The van der Waals surface area contributed by atoms with Crippen molar-refractivity contribution in [2.45, 2.75) is 57.6 Å². The van der Waals surface area contributed by atoms with Gasteiger partial charge in [0.15, 0.2) is 0 Å². The minimum absolute atomic E-state index is 0.0671. The molecule has 1 amide bonds. The summed E-state index contributed by atoms with van der Waals surface area (Å²) in [6, 6.07) is 15.5. The molecule has 49 heavy (non-hydrogen) atoms. The van der Waals surface area contributed by atoms with Gasteiger partial charge in [-0.3, -0.25) is 4.79 Å². The van der Waals surface area contributed by atoms with Crippen molar-refractivity contribution in [1.29, 1.82) is 0 Å². The predicted octanol–water partition coefficient (Wildman–Crippen LogP) is 5.83. The standard InChI is InChI=1S/C36H40FN5O6S/c1-49(46,47)40-18-16-39(17-19-40)32-14-10-27(41-15-5-8-34(41)43)20-25(32)23-48-28-11-12-29(30(37)22-28)35-38-31-21-24(36(44)45)9-13-33(31)42(35)26-6-3-2-4-7-26/h9-14,20-22,26H,2-8,15-19,23H2,1H3,(H,44,45). The van der Waals surface area contributed by atoms with E-state index in [2.05, 4.69) is 9.47 Å². The van der Waals surface area contributed by atoms with Crippen molar-refractivity contribution < 1.29 is 32.2 Å². The highest BCUT2D eigenvalue weighted by Crippen LogP contribution is 2.38. The Labute approximate surface area is 284 Å². The second kappa shape index (κ2) is 13.4. The molecule has 258 valence electrons. The minimum Gasteiger partial charge on any atom is -0.489 e. The lowest BCUT2D eigenvalue weighted by atomic mass is 9.94. The maximum Gasteiger partial charge on any atom is 0.335 e. The number of amides is 1. The van der Waals surface area contributed by atoms with Gasteiger partial charge in [0, 0.05) is 68.2 Å². The number of fused-ring (bicyclic) bond motifs is 1. The molecule has 2 aliphatic heterocycles. The molecule has 7 rings (SSSR count). The lowest BCUT2D eigenvalue weighted by Crippen LogP contribution is -2.48. The van der Waals surface area contributed by atoms with E-state index in [1.807, 2.05) is 18.2 Å². The molecule has 3 aliphatic rings. The van der Waals surface area contributed by atoms with Gasteiger partial charge in [-0.1, -0.05) is 19.3 Å². The second-order valence-electron chi connectivity index (χ2n) is 13.1. The first kappa shape index (κ1) is 33.0. The monoisotopic (exact) mass is 689 g/mol. The second-order valence-corrected chi connectivity index (χ2v) is 15.1. The van der Waals surface area contributed by atoms with Crippen LogP contribution in [0.1, 0.15) is 66.9 Å². The highest BCUT2D eigenvalue weighted by atomic mass is 32.2. The molecule has 0 spiro atoms. The maximum atomic E-state index is 16.0. The number of halogens is 1. The normalized spacial score (nSPS) is 18.0. The Morgan fingerprint density at radius 3 is 2.41 bits per heavy atom. The Hall–Kier alpha value is -4.49. The van der Waals surface area contributed by atoms with E-state index in [-0.39, 0.29) is 24.1 Å². The van der Waals surface area contributed by atoms with E-state index in [0.29, 0.717) is 61.8 Å². The van der Waals surface area contributed by atoms with Gasteiger partial charge in [-0.15, -0.1) is 0 Å². The number of hydrogen-bond donors (Lipinski definition) is 1. The van der Waals surface area contributed by atoms with Crippen molar-refractivity contribution in [2.75, 3.05) is 48.8 Å². The Kier molecular flexibility index (Phi) is 9.05. The Morgan fingerprint density at radius 1 is 0.959 bits per heavy atom. The number of ether oxygens (including phenoxy) is 1. The molecule has 11 nitrogen and oxygen atoms in total. The van der Waals surface area contributed by atoms with Crippen LogP contribution in [0.25, 0.3) is 22.4 Å². The topological polar surface area (TPSA) is 125 Å². The fraction of sp³-hybridized carbons (Fsp3) is 0.417. The summed E-state index contributed by atoms with van der Waals surface area (Å²) in [4.78, 5) is 32.9. The molecule has 0 atom stereocenters. The van der Waals surface area contributed by atoms with Crippen molar-refractivity contribution in [1.82, 2.24) is 13.9 Å². The molecule has 1 saturated carbocycles. The van der Waals surface area contributed by atoms with Crippen molar-refractivity contribution in [3.63, 3.8) is 0 Å². The van der Waals surface area contributed by atoms with Gasteiger partial charge in [0.1, 0.15) is 24.0 Å². The molecule has 0 bridgehead atoms. The summed E-state index contributed by atoms with van der Waals surface area (Å²) in [6.07, 6.45) is 7.67. The molecule has 1 aromatic heterocycles. The number of piperazine rings is 1. The van der Waals surface area contributed by atoms with Crippen molar-refractivity contribution >= 4 is 44.3 Å². The number of anilines is 2. The predicted molar refractivity (Wildman–Crippen MR) is 185 cm³/mol. The van der Waals surface area contributed by atoms with Gasteiger partial charge >= 0.3 is 5.97 Å². The largest absolute Gasteiger partial charge is 0.489 e. The molecule has 3 aromatic carbocycles. The van der Waals surface area contributed by atoms with Gasteiger partial charge in [-0.25, -0.2) is 22.6 Å². The quantitative estimate of drug-likeness (QED) is 0.233. The van der Waals surface area contributed by atoms with Crippen LogP contribution in [0.3, 0.4) is 0 Å². The number of benzene rings is 3. The summed E-state index contributed by atoms with van der Waals surface area (Å²) in [5.74, 6) is -0.688. The van der Waals surface area contributed by atoms with Crippen molar-refractivity contribution in [3.8, 4) is 17.1 Å². The van der Waals surface area contributed by atoms with Crippen LogP contribution in [0.15, 0.2) is 54.6 Å². The van der Waals surface area contributed by atoms with Crippen molar-refractivity contribution in [3.05, 3.63) is 71.5 Å². The van der Waals surface area contributed by atoms with E-state index in [1.54, 1.807) is 35.2 Å². The van der Waals surface area contributed by atoms with Crippen LogP contribution >= 0.6 is 0 Å². The van der Waals surface area contributed by atoms with Gasteiger partial charge in [-0.05, 0) is 67.8 Å². The van der Waals surface area contributed by atoms with E-state index < -0.39 is 21.8 Å². The number of hydrogen-bond acceptors (Lipinski definition) is 7. The van der Waals surface area contributed by atoms with Crippen LogP contribution in [0.2, 0.25) is 0 Å². The van der Waals surface area contributed by atoms with Crippen LogP contribution in [0.5, 0.6) is 5.75 Å². The number of sulfonamides is 1. The van der Waals surface area contributed by atoms with Gasteiger partial charge in [0.25, 0.3) is 0 Å². The van der Waals surface area contributed by atoms with Crippen molar-refractivity contribution in [2.24, 2.45) is 0 Å². The summed E-state index contributed by atoms with van der Waals surface area (Å²) in [5.41, 5.74) is 4.20. The number of nitrogens with zero attached hydrogens (tertiary/aromatic N) is 5. The first-order valence-electron chi connectivity index (χ1n) is 16.9. The number of carboxylic acid groups (broad SMARTS) is 1. The van der Waals surface area contributed by atoms with Crippen LogP contribution in [0.4, 0.5) is 15.8 Å². The summed E-state index contributed by atoms with van der Waals surface area (Å²) < 4.78 is 49.9. The van der Waals surface area contributed by atoms with Gasteiger partial charge in [0.2, 0.25) is 15.9 Å². The van der Waals surface area contributed by atoms with E-state index in [4.69, 9.17) is 9.72 Å². The molecule has 0 radical (unpaired) electrons. The third-order valence-corrected chi connectivity index (χ3v) is 11.3. The lowest BCUT2D eigenvalue weighted by molar-refractivity contribution is -0.117. The highest BCUT2D eigenvalue weighted by Gasteiger charge is 2.28. The number of imidazole rings is 1. The summed E-state index contributed by atoms with van der Waals surface area (Å²) in [6.45, 7) is 2.47. The number of carbonyl (C=O) groups excluding carboxylic acids is 1. The maximum absolute atomic E-state index is 16.0. The minimum atomic E-state index is -3.29. The zero-order valence-corrected chi connectivity index (χ0v) is 28.3. The molecule has 3 fully saturated rings. The fourth-order valence-corrected chi connectivity index (χ4v) is 8.23. The molecule has 2 saturated heterocycles. The third kappa shape index (κ3) is 6.73. The van der Waals surface area contributed by atoms with Gasteiger partial charge < -0.3 is 24.2 Å². The molecule has 1 aliphatic carbocycles. The van der Waals surface area contributed by atoms with Gasteiger partial charge in [-0.2, -0.15) is 4.31 Å². The van der Waals surface area contributed by atoms with Crippen LogP contribution in [0, 0.1) is 5.82 Å². The SMILES string of the molecule is CS(=O)(=O)N1CCN(c2ccc(N3CCCC3=O)cc2COc2ccc(-c3nc4cc(C(=O)O)ccc4n3C3CCCCC3)c(F)c2)CC1. The van der Waals surface area contributed by atoms with Crippen LogP contribution in [-0.2, 0) is 21.4 Å². The first-order valence-corrected chi connectivity index (χ1v) is 18.7. The average Bonchev–Trinajstić information content (AvgIpc) is 3.70. The number of aromatic nitrogens is 2. The molecule has 3 heterocycles. The number of carbonyl (C=O) groups is 2. The fourth-order valence-electron chi connectivity index (χ4n) is 7.40. The summed E-state index contributed by atoms with van der Waals surface area (Å²) in [7, 11) is -3.29. The Balaban J connectivity index is 1.17. The lowest BCUT2D eigenvalue weighted by Gasteiger charge is -2.36. The molecule has 0 unspecified atom stereocenters. The van der Waals surface area contributed by atoms with E-state index in [0.717, 1.165) is 61.0 Å². The number of aromatic carboxylic acids is 1. The molecule has 13 heteroatoms. The highest BCUT2D eigenvalue weighted by molar-refractivity contribution is 7.88. The number of carboxylic acids is 1. The van der Waals surface area contributed by atoms with E-state index in [1.165, 1.54) is 16.6 Å². The summed E-state index contributed by atoms with van der Waals surface area (Å²) in [5, 5.41) is 9.55. The molecule has 1 N–H and O–H groups in total. The van der Waals surface area contributed by atoms with Gasteiger partial charge in [0.05, 0.1) is 28.4 Å². The van der Waals surface area contributed by atoms with E-state index >= 15 is 4.39 Å². The first-order chi connectivity index (χ1) is 23.6. The van der Waals surface area contributed by atoms with Crippen LogP contribution < -0.4 is 14.5 Å². The zero-order valence-electron chi connectivity index (χ0n) is 27.5. The molecular weight excluding hydrogens is 649 g/mol. The molecule has 4 aromatic rings. The summed E-state index contributed by atoms with van der Waals surface area (Å²) >= 11 is 0. The van der Waals surface area contributed by atoms with E-state index in [9.17, 15) is 23.1 Å². The Morgan fingerprint density at radius 2 is 1.73 bits per heavy atom.